The molecule has 0 fully saturated rings. The summed E-state index contributed by atoms with van der Waals surface area (Å²) >= 11 is 5.97. The second-order valence-electron chi connectivity index (χ2n) is 5.12. The van der Waals surface area contributed by atoms with Crippen LogP contribution in [0.25, 0.3) is 0 Å². The number of nitrogens with two attached hydrogens (primary N) is 1. The van der Waals surface area contributed by atoms with Gasteiger partial charge in [-0.15, -0.1) is 0 Å². The van der Waals surface area contributed by atoms with Crippen LogP contribution in [-0.4, -0.2) is 29.3 Å². The minimum Gasteiger partial charge on any atom is -0.496 e. The van der Waals surface area contributed by atoms with Gasteiger partial charge >= 0.3 is 0 Å². The van der Waals surface area contributed by atoms with Crippen molar-refractivity contribution in [2.24, 2.45) is 5.92 Å². The van der Waals surface area contributed by atoms with Crippen LogP contribution in [0.1, 0.15) is 17.3 Å². The van der Waals surface area contributed by atoms with Crippen molar-refractivity contribution < 1.29 is 9.53 Å². The Morgan fingerprint density at radius 2 is 2.32 bits per heavy atom. The Labute approximate surface area is 134 Å². The maximum absolute atomic E-state index is 12.3. The van der Waals surface area contributed by atoms with Gasteiger partial charge in [-0.05, 0) is 18.1 Å². The summed E-state index contributed by atoms with van der Waals surface area (Å²) in [5.41, 5.74) is 6.46. The number of halogens is 1. The average Bonchev–Trinajstić information content (AvgIpc) is 3.00. The Balaban J connectivity index is 1.98. The first-order chi connectivity index (χ1) is 10.5. The van der Waals surface area contributed by atoms with Crippen LogP contribution in [0.15, 0.2) is 30.6 Å². The van der Waals surface area contributed by atoms with Gasteiger partial charge in [-0.25, -0.2) is 0 Å². The molecule has 2 aromatic rings. The highest BCUT2D eigenvalue weighted by Gasteiger charge is 2.15. The quantitative estimate of drug-likeness (QED) is 0.799. The van der Waals surface area contributed by atoms with Crippen molar-refractivity contribution in [3.8, 4) is 5.75 Å². The Morgan fingerprint density at radius 1 is 1.55 bits per heavy atom. The van der Waals surface area contributed by atoms with E-state index in [4.69, 9.17) is 22.1 Å². The summed E-state index contributed by atoms with van der Waals surface area (Å²) < 4.78 is 7.01. The highest BCUT2D eigenvalue weighted by Crippen LogP contribution is 2.28. The molecular weight excluding hydrogens is 304 g/mol. The van der Waals surface area contributed by atoms with E-state index in [1.165, 1.54) is 13.2 Å². The predicted molar refractivity (Wildman–Crippen MR) is 86.1 cm³/mol. The van der Waals surface area contributed by atoms with E-state index in [0.717, 1.165) is 6.54 Å². The van der Waals surface area contributed by atoms with E-state index in [0.29, 0.717) is 28.6 Å². The highest BCUT2D eigenvalue weighted by molar-refractivity contribution is 6.33. The summed E-state index contributed by atoms with van der Waals surface area (Å²) in [5.74, 6) is 0.393. The fourth-order valence-corrected chi connectivity index (χ4v) is 2.23. The third-order valence-electron chi connectivity index (χ3n) is 3.23. The molecule has 0 saturated carbocycles. The first kappa shape index (κ1) is 16.2. The van der Waals surface area contributed by atoms with Gasteiger partial charge in [0, 0.05) is 31.5 Å². The Bertz CT molecular complexity index is 643. The number of rotatable bonds is 6. The third kappa shape index (κ3) is 3.92. The van der Waals surface area contributed by atoms with Gasteiger partial charge in [-0.1, -0.05) is 18.5 Å². The molecule has 118 valence electrons. The van der Waals surface area contributed by atoms with Gasteiger partial charge in [0.25, 0.3) is 5.91 Å². The summed E-state index contributed by atoms with van der Waals surface area (Å²) in [6.45, 7) is 3.28. The van der Waals surface area contributed by atoms with Crippen LogP contribution in [0.4, 0.5) is 5.69 Å². The lowest BCUT2D eigenvalue weighted by atomic mass is 10.1. The molecule has 0 bridgehead atoms. The van der Waals surface area contributed by atoms with Gasteiger partial charge in [0.15, 0.2) is 0 Å². The number of hydrogen-bond donors (Lipinski definition) is 2. The fraction of sp³-hybridized carbons (Fsp3) is 0.333. The van der Waals surface area contributed by atoms with Crippen molar-refractivity contribution >= 4 is 23.2 Å². The predicted octanol–water partition coefficient (Wildman–Crippen LogP) is 2.19. The summed E-state index contributed by atoms with van der Waals surface area (Å²) in [5, 5.41) is 7.35. The highest BCUT2D eigenvalue weighted by atomic mass is 35.5. The van der Waals surface area contributed by atoms with Crippen LogP contribution >= 0.6 is 11.6 Å². The van der Waals surface area contributed by atoms with Crippen LogP contribution in [0.3, 0.4) is 0 Å². The molecule has 2 rings (SSSR count). The normalized spacial score (nSPS) is 12.0. The van der Waals surface area contributed by atoms with Crippen molar-refractivity contribution in [2.45, 2.75) is 13.5 Å². The van der Waals surface area contributed by atoms with E-state index in [1.54, 1.807) is 12.3 Å². The van der Waals surface area contributed by atoms with Gasteiger partial charge in [0.05, 0.1) is 23.4 Å². The largest absolute Gasteiger partial charge is 0.496 e. The van der Waals surface area contributed by atoms with Gasteiger partial charge in [-0.3, -0.25) is 9.48 Å². The number of nitrogens with zero attached hydrogens (tertiary/aromatic N) is 2. The standard InChI is InChI=1S/C15H19ClN4O2/c1-10(9-20-5-3-4-19-20)8-18-15(21)11-6-12(16)13(17)7-14(11)22-2/h3-7,10H,8-9,17H2,1-2H3,(H,18,21). The zero-order valence-electron chi connectivity index (χ0n) is 12.5. The van der Waals surface area contributed by atoms with E-state index in [9.17, 15) is 4.79 Å². The zero-order chi connectivity index (χ0) is 16.1. The molecular formula is C15H19ClN4O2. The lowest BCUT2D eigenvalue weighted by Gasteiger charge is -2.14. The summed E-state index contributed by atoms with van der Waals surface area (Å²) in [6, 6.07) is 4.93. The monoisotopic (exact) mass is 322 g/mol. The topological polar surface area (TPSA) is 82.2 Å². The molecule has 3 N–H and O–H groups in total. The minimum atomic E-state index is -0.244. The molecule has 0 radical (unpaired) electrons. The first-order valence-corrected chi connectivity index (χ1v) is 7.27. The molecule has 0 aliphatic rings. The number of nitrogen functional groups attached to an aromatic ring is 1. The molecule has 1 heterocycles. The van der Waals surface area contributed by atoms with Gasteiger partial charge in [0.1, 0.15) is 5.75 Å². The van der Waals surface area contributed by atoms with Crippen LogP contribution in [-0.2, 0) is 6.54 Å². The molecule has 22 heavy (non-hydrogen) atoms. The average molecular weight is 323 g/mol. The van der Waals surface area contributed by atoms with E-state index in [1.807, 2.05) is 23.9 Å². The van der Waals surface area contributed by atoms with Crippen molar-refractivity contribution in [3.05, 3.63) is 41.2 Å². The molecule has 1 aromatic carbocycles. The van der Waals surface area contributed by atoms with E-state index in [-0.39, 0.29) is 11.8 Å². The molecule has 0 saturated heterocycles. The molecule has 1 aromatic heterocycles. The Morgan fingerprint density at radius 3 is 2.95 bits per heavy atom. The van der Waals surface area contributed by atoms with Crippen LogP contribution in [0.5, 0.6) is 5.75 Å². The molecule has 6 nitrogen and oxygen atoms in total. The van der Waals surface area contributed by atoms with Gasteiger partial charge in [0.2, 0.25) is 0 Å². The number of hydrogen-bond acceptors (Lipinski definition) is 4. The number of ether oxygens (including phenoxy) is 1. The van der Waals surface area contributed by atoms with Crippen LogP contribution in [0, 0.1) is 5.92 Å². The second kappa shape index (κ2) is 7.17. The number of benzene rings is 1. The van der Waals surface area contributed by atoms with Crippen molar-refractivity contribution in [1.82, 2.24) is 15.1 Å². The van der Waals surface area contributed by atoms with Crippen molar-refractivity contribution in [1.29, 1.82) is 0 Å². The third-order valence-corrected chi connectivity index (χ3v) is 3.56. The summed E-state index contributed by atoms with van der Waals surface area (Å²) in [7, 11) is 1.49. The first-order valence-electron chi connectivity index (χ1n) is 6.90. The molecule has 1 unspecified atom stereocenters. The summed E-state index contributed by atoms with van der Waals surface area (Å²) in [6.07, 6.45) is 3.62. The second-order valence-corrected chi connectivity index (χ2v) is 5.52. The number of carbonyl (C=O) groups is 1. The lowest BCUT2D eigenvalue weighted by Crippen LogP contribution is -2.30. The molecule has 1 amide bonds. The fourth-order valence-electron chi connectivity index (χ4n) is 2.07. The number of anilines is 1. The molecule has 0 spiro atoms. The Kier molecular flexibility index (Phi) is 5.27. The number of amides is 1. The Hall–Kier alpha value is -2.21. The van der Waals surface area contributed by atoms with E-state index < -0.39 is 0 Å². The maximum Gasteiger partial charge on any atom is 0.255 e. The number of aromatic nitrogens is 2. The van der Waals surface area contributed by atoms with Gasteiger partial charge in [-0.2, -0.15) is 5.10 Å². The smallest absolute Gasteiger partial charge is 0.255 e. The van der Waals surface area contributed by atoms with E-state index >= 15 is 0 Å². The number of nitrogens with one attached hydrogen (secondary N) is 1. The van der Waals surface area contributed by atoms with Crippen LogP contribution in [0.2, 0.25) is 5.02 Å². The molecule has 1 atom stereocenters. The van der Waals surface area contributed by atoms with Crippen molar-refractivity contribution in [3.63, 3.8) is 0 Å². The minimum absolute atomic E-state index is 0.235. The number of carbonyl (C=O) groups excluding carboxylic acids is 1. The number of methoxy groups -OCH3 is 1. The molecule has 0 aliphatic heterocycles. The van der Waals surface area contributed by atoms with Gasteiger partial charge < -0.3 is 15.8 Å². The van der Waals surface area contributed by atoms with Crippen LogP contribution < -0.4 is 15.8 Å². The maximum atomic E-state index is 12.3. The summed E-state index contributed by atoms with van der Waals surface area (Å²) in [4.78, 5) is 12.3. The van der Waals surface area contributed by atoms with Crippen molar-refractivity contribution in [2.75, 3.05) is 19.4 Å². The molecule has 0 aliphatic carbocycles. The SMILES string of the molecule is COc1cc(N)c(Cl)cc1C(=O)NCC(C)Cn1cccn1. The zero-order valence-corrected chi connectivity index (χ0v) is 13.3. The lowest BCUT2D eigenvalue weighted by molar-refractivity contribution is 0.0943. The van der Waals surface area contributed by atoms with E-state index in [2.05, 4.69) is 10.4 Å². The molecule has 7 heteroatoms.